The largest absolute Gasteiger partial charge is 0.508 e. The maximum absolute atomic E-state index is 10.4. The Morgan fingerprint density at radius 1 is 1.15 bits per heavy atom. The van der Waals surface area contributed by atoms with Crippen LogP contribution in [0.25, 0.3) is 0 Å². The molecule has 0 unspecified atom stereocenters. The average Bonchev–Trinajstić information content (AvgIpc) is 2.74. The Bertz CT molecular complexity index is 538. The van der Waals surface area contributed by atoms with Gasteiger partial charge >= 0.3 is 0 Å². The predicted molar refractivity (Wildman–Crippen MR) is 78.7 cm³/mol. The van der Waals surface area contributed by atoms with Crippen molar-refractivity contribution in [2.75, 3.05) is 0 Å². The third-order valence-electron chi connectivity index (χ3n) is 6.66. The fourth-order valence-electron chi connectivity index (χ4n) is 5.54. The SMILES string of the molecule is C[C@]12CC[C@@H]3c4ccc(O)cc4CC[C@H]3[C@H]1CC[C@@H]2O. The molecule has 2 N–H and O–H groups in total. The summed E-state index contributed by atoms with van der Waals surface area (Å²) in [5.41, 5.74) is 2.99. The zero-order valence-corrected chi connectivity index (χ0v) is 12.2. The number of rotatable bonds is 0. The molecule has 2 fully saturated rings. The van der Waals surface area contributed by atoms with E-state index >= 15 is 0 Å². The molecule has 5 atom stereocenters. The van der Waals surface area contributed by atoms with Gasteiger partial charge in [0.25, 0.3) is 0 Å². The van der Waals surface area contributed by atoms with Gasteiger partial charge in [0.05, 0.1) is 6.10 Å². The quantitative estimate of drug-likeness (QED) is 0.757. The van der Waals surface area contributed by atoms with Gasteiger partial charge in [-0.3, -0.25) is 0 Å². The number of benzene rings is 1. The first-order chi connectivity index (χ1) is 9.59. The van der Waals surface area contributed by atoms with Gasteiger partial charge in [-0.2, -0.15) is 0 Å². The summed E-state index contributed by atoms with van der Waals surface area (Å²) in [6, 6.07) is 5.96. The van der Waals surface area contributed by atoms with Crippen molar-refractivity contribution < 1.29 is 10.2 Å². The monoisotopic (exact) mass is 272 g/mol. The zero-order valence-electron chi connectivity index (χ0n) is 12.2. The van der Waals surface area contributed by atoms with Crippen LogP contribution < -0.4 is 0 Å². The number of hydrogen-bond donors (Lipinski definition) is 2. The van der Waals surface area contributed by atoms with Gasteiger partial charge in [0.2, 0.25) is 0 Å². The summed E-state index contributed by atoms with van der Waals surface area (Å²) in [5, 5.41) is 20.0. The van der Waals surface area contributed by atoms with E-state index in [0.29, 0.717) is 17.6 Å². The van der Waals surface area contributed by atoms with Gasteiger partial charge in [0.15, 0.2) is 0 Å². The maximum Gasteiger partial charge on any atom is 0.115 e. The topological polar surface area (TPSA) is 40.5 Å². The molecule has 0 aliphatic heterocycles. The van der Waals surface area contributed by atoms with Gasteiger partial charge in [0.1, 0.15) is 5.75 Å². The van der Waals surface area contributed by atoms with Crippen LogP contribution in [0.2, 0.25) is 0 Å². The van der Waals surface area contributed by atoms with E-state index < -0.39 is 0 Å². The minimum Gasteiger partial charge on any atom is -0.508 e. The second-order valence-corrected chi connectivity index (χ2v) is 7.44. The molecule has 0 heterocycles. The van der Waals surface area contributed by atoms with Crippen molar-refractivity contribution in [3.63, 3.8) is 0 Å². The van der Waals surface area contributed by atoms with Crippen LogP contribution >= 0.6 is 0 Å². The Hall–Kier alpha value is -1.02. The van der Waals surface area contributed by atoms with Crippen LogP contribution in [0.5, 0.6) is 5.75 Å². The molecule has 2 nitrogen and oxygen atoms in total. The standard InChI is InChI=1S/C18H24O2/c1-18-9-8-14-13-5-3-12(19)10-11(13)2-4-15(14)16(18)6-7-17(18)20/h3,5,10,14-17,19-20H,2,4,6-9H2,1H3/t14-,15-,16-,17+,18+/m1/s1. The molecule has 20 heavy (non-hydrogen) atoms. The minimum absolute atomic E-state index is 0.0883. The Morgan fingerprint density at radius 2 is 2.00 bits per heavy atom. The molecule has 0 spiro atoms. The van der Waals surface area contributed by atoms with E-state index in [2.05, 4.69) is 13.0 Å². The van der Waals surface area contributed by atoms with Crippen LogP contribution in [0.3, 0.4) is 0 Å². The van der Waals surface area contributed by atoms with Crippen LogP contribution in [0.1, 0.15) is 56.1 Å². The van der Waals surface area contributed by atoms with Crippen molar-refractivity contribution in [3.8, 4) is 5.75 Å². The molecule has 2 saturated carbocycles. The van der Waals surface area contributed by atoms with Gasteiger partial charge in [0, 0.05) is 0 Å². The molecular formula is C18H24O2. The van der Waals surface area contributed by atoms with E-state index in [0.717, 1.165) is 25.2 Å². The molecule has 0 aromatic heterocycles. The zero-order chi connectivity index (χ0) is 13.9. The van der Waals surface area contributed by atoms with Crippen LogP contribution in [0, 0.1) is 17.3 Å². The van der Waals surface area contributed by atoms with Gasteiger partial charge in [-0.1, -0.05) is 13.0 Å². The molecular weight excluding hydrogens is 248 g/mol. The lowest BCUT2D eigenvalue weighted by molar-refractivity contribution is -0.0226. The third kappa shape index (κ3) is 1.60. The number of fused-ring (bicyclic) bond motifs is 5. The normalized spacial score (nSPS) is 42.7. The summed E-state index contributed by atoms with van der Waals surface area (Å²) < 4.78 is 0. The lowest BCUT2D eigenvalue weighted by Gasteiger charge is -2.50. The van der Waals surface area contributed by atoms with Crippen molar-refractivity contribution in [1.29, 1.82) is 0 Å². The fraction of sp³-hybridized carbons (Fsp3) is 0.667. The van der Waals surface area contributed by atoms with Crippen LogP contribution in [0.15, 0.2) is 18.2 Å². The molecule has 0 amide bonds. The molecule has 3 aliphatic carbocycles. The van der Waals surface area contributed by atoms with Crippen molar-refractivity contribution in [1.82, 2.24) is 0 Å². The summed E-state index contributed by atoms with van der Waals surface area (Å²) in [7, 11) is 0. The second-order valence-electron chi connectivity index (χ2n) is 7.44. The number of phenols is 1. The van der Waals surface area contributed by atoms with Crippen molar-refractivity contribution >= 4 is 0 Å². The Morgan fingerprint density at radius 3 is 2.85 bits per heavy atom. The number of hydrogen-bond acceptors (Lipinski definition) is 2. The Labute approximate surface area is 120 Å². The van der Waals surface area contributed by atoms with Crippen LogP contribution in [0.4, 0.5) is 0 Å². The molecule has 3 aliphatic rings. The van der Waals surface area contributed by atoms with Crippen LogP contribution in [-0.4, -0.2) is 16.3 Å². The fourth-order valence-corrected chi connectivity index (χ4v) is 5.54. The second kappa shape index (κ2) is 4.24. The number of phenolic OH excluding ortho intramolecular Hbond substituents is 1. The Balaban J connectivity index is 1.71. The number of aliphatic hydroxyl groups excluding tert-OH is 1. The van der Waals surface area contributed by atoms with E-state index in [1.807, 2.05) is 12.1 Å². The summed E-state index contributed by atoms with van der Waals surface area (Å²) in [6.07, 6.45) is 6.78. The summed E-state index contributed by atoms with van der Waals surface area (Å²) >= 11 is 0. The lowest BCUT2D eigenvalue weighted by Crippen LogP contribution is -2.43. The van der Waals surface area contributed by atoms with E-state index in [9.17, 15) is 10.2 Å². The molecule has 1 aromatic carbocycles. The van der Waals surface area contributed by atoms with Gasteiger partial charge < -0.3 is 10.2 Å². The lowest BCUT2D eigenvalue weighted by atomic mass is 9.55. The third-order valence-corrected chi connectivity index (χ3v) is 6.66. The van der Waals surface area contributed by atoms with Gasteiger partial charge in [-0.25, -0.2) is 0 Å². The molecule has 1 aromatic rings. The summed E-state index contributed by atoms with van der Waals surface area (Å²) in [4.78, 5) is 0. The van der Waals surface area contributed by atoms with Gasteiger partial charge in [-0.05, 0) is 85.0 Å². The molecule has 0 radical (unpaired) electrons. The highest BCUT2D eigenvalue weighted by molar-refractivity contribution is 5.40. The molecule has 4 rings (SSSR count). The van der Waals surface area contributed by atoms with Crippen molar-refractivity contribution in [2.45, 2.75) is 57.5 Å². The molecule has 0 bridgehead atoms. The van der Waals surface area contributed by atoms with E-state index in [-0.39, 0.29) is 11.5 Å². The molecule has 108 valence electrons. The maximum atomic E-state index is 10.4. The van der Waals surface area contributed by atoms with Crippen molar-refractivity contribution in [3.05, 3.63) is 29.3 Å². The number of aliphatic hydroxyl groups is 1. The van der Waals surface area contributed by atoms with Crippen molar-refractivity contribution in [2.24, 2.45) is 17.3 Å². The first kappa shape index (κ1) is 12.7. The average molecular weight is 272 g/mol. The highest BCUT2D eigenvalue weighted by Crippen LogP contribution is 2.60. The first-order valence-corrected chi connectivity index (χ1v) is 8.09. The predicted octanol–water partition coefficient (Wildman–Crippen LogP) is 3.61. The first-order valence-electron chi connectivity index (χ1n) is 8.09. The van der Waals surface area contributed by atoms with E-state index in [1.165, 1.54) is 30.4 Å². The van der Waals surface area contributed by atoms with E-state index in [4.69, 9.17) is 0 Å². The highest BCUT2D eigenvalue weighted by atomic mass is 16.3. The molecule has 0 saturated heterocycles. The molecule has 2 heteroatoms. The van der Waals surface area contributed by atoms with Crippen LogP contribution in [-0.2, 0) is 6.42 Å². The number of aryl methyl sites for hydroxylation is 1. The summed E-state index contributed by atoms with van der Waals surface area (Å²) in [5.74, 6) is 2.49. The smallest absolute Gasteiger partial charge is 0.115 e. The minimum atomic E-state index is -0.0883. The van der Waals surface area contributed by atoms with E-state index in [1.54, 1.807) is 0 Å². The number of aromatic hydroxyl groups is 1. The highest BCUT2D eigenvalue weighted by Gasteiger charge is 2.54. The van der Waals surface area contributed by atoms with Gasteiger partial charge in [-0.15, -0.1) is 0 Å². The summed E-state index contributed by atoms with van der Waals surface area (Å²) in [6.45, 7) is 2.32. The Kier molecular flexibility index (Phi) is 2.69.